The van der Waals surface area contributed by atoms with E-state index in [2.05, 4.69) is 15.0 Å². The number of aromatic carboxylic acids is 1. The van der Waals surface area contributed by atoms with Crippen LogP contribution in [0.15, 0.2) is 28.8 Å². The van der Waals surface area contributed by atoms with Gasteiger partial charge in [0.1, 0.15) is 0 Å². The number of likely N-dealkylation sites (tertiary alicyclic amines) is 1. The second kappa shape index (κ2) is 5.65. The van der Waals surface area contributed by atoms with E-state index >= 15 is 0 Å². The van der Waals surface area contributed by atoms with Crippen LogP contribution < -0.4 is 0 Å². The monoisotopic (exact) mass is 287 g/mol. The van der Waals surface area contributed by atoms with Crippen LogP contribution in [0.3, 0.4) is 0 Å². The van der Waals surface area contributed by atoms with Gasteiger partial charge in [-0.3, -0.25) is 4.90 Å². The van der Waals surface area contributed by atoms with Crippen molar-refractivity contribution in [3.63, 3.8) is 0 Å². The van der Waals surface area contributed by atoms with Crippen molar-refractivity contribution in [2.75, 3.05) is 6.54 Å². The van der Waals surface area contributed by atoms with Crippen molar-refractivity contribution in [2.24, 2.45) is 0 Å². The van der Waals surface area contributed by atoms with E-state index in [9.17, 15) is 4.79 Å². The third kappa shape index (κ3) is 2.95. The highest BCUT2D eigenvalue weighted by atomic mass is 16.5. The first kappa shape index (κ1) is 13.8. The quantitative estimate of drug-likeness (QED) is 0.930. The third-order valence-electron chi connectivity index (χ3n) is 3.79. The fraction of sp³-hybridized carbons (Fsp3) is 0.400. The predicted octanol–water partition coefficient (Wildman–Crippen LogP) is 2.41. The minimum Gasteiger partial charge on any atom is -0.478 e. The molecule has 0 amide bonds. The zero-order valence-electron chi connectivity index (χ0n) is 11.8. The number of benzene rings is 1. The summed E-state index contributed by atoms with van der Waals surface area (Å²) >= 11 is 0. The fourth-order valence-electron chi connectivity index (χ4n) is 2.75. The Labute approximate surface area is 122 Å². The number of nitrogens with zero attached hydrogens (tertiary/aromatic N) is 3. The van der Waals surface area contributed by atoms with Gasteiger partial charge in [0.05, 0.1) is 11.6 Å². The largest absolute Gasteiger partial charge is 0.478 e. The number of carboxylic acid groups (broad SMARTS) is 1. The molecule has 0 aliphatic carbocycles. The average molecular weight is 287 g/mol. The predicted molar refractivity (Wildman–Crippen MR) is 74.8 cm³/mol. The van der Waals surface area contributed by atoms with Gasteiger partial charge in [0, 0.05) is 13.5 Å². The van der Waals surface area contributed by atoms with E-state index < -0.39 is 5.97 Å². The number of carbonyl (C=O) groups is 1. The van der Waals surface area contributed by atoms with Crippen molar-refractivity contribution in [3.8, 4) is 0 Å². The van der Waals surface area contributed by atoms with Gasteiger partial charge in [0.15, 0.2) is 5.82 Å². The standard InChI is InChI=1S/C15H17N3O3/c1-10-16-14(17-21-10)13-3-2-8-18(13)9-11-4-6-12(7-5-11)15(19)20/h4-7,13H,2-3,8-9H2,1H3,(H,19,20). The van der Waals surface area contributed by atoms with Gasteiger partial charge < -0.3 is 9.63 Å². The van der Waals surface area contributed by atoms with Crippen LogP contribution in [0, 0.1) is 6.92 Å². The van der Waals surface area contributed by atoms with Gasteiger partial charge in [-0.25, -0.2) is 4.79 Å². The molecule has 0 radical (unpaired) electrons. The molecule has 0 spiro atoms. The van der Waals surface area contributed by atoms with Crippen LogP contribution in [-0.4, -0.2) is 32.7 Å². The van der Waals surface area contributed by atoms with Crippen LogP contribution in [0.4, 0.5) is 0 Å². The van der Waals surface area contributed by atoms with Crippen molar-refractivity contribution >= 4 is 5.97 Å². The first-order valence-corrected chi connectivity index (χ1v) is 7.00. The molecule has 110 valence electrons. The second-order valence-corrected chi connectivity index (χ2v) is 5.30. The molecule has 2 heterocycles. The van der Waals surface area contributed by atoms with Crippen LogP contribution in [0.25, 0.3) is 0 Å². The molecular weight excluding hydrogens is 270 g/mol. The Kier molecular flexibility index (Phi) is 3.70. The SMILES string of the molecule is Cc1nc(C2CCCN2Cc2ccc(C(=O)O)cc2)no1. The number of carboxylic acids is 1. The topological polar surface area (TPSA) is 79.5 Å². The first-order chi connectivity index (χ1) is 10.1. The minimum absolute atomic E-state index is 0.182. The Hall–Kier alpha value is -2.21. The molecule has 0 saturated carbocycles. The number of rotatable bonds is 4. The Morgan fingerprint density at radius 1 is 1.43 bits per heavy atom. The minimum atomic E-state index is -0.900. The molecule has 3 rings (SSSR count). The molecule has 1 aliphatic rings. The van der Waals surface area contributed by atoms with Crippen molar-refractivity contribution < 1.29 is 14.4 Å². The van der Waals surface area contributed by atoms with Crippen LogP contribution in [0.5, 0.6) is 0 Å². The summed E-state index contributed by atoms with van der Waals surface area (Å²) in [6.07, 6.45) is 2.12. The number of hydrogen-bond acceptors (Lipinski definition) is 5. The fourth-order valence-corrected chi connectivity index (χ4v) is 2.75. The lowest BCUT2D eigenvalue weighted by Gasteiger charge is -2.21. The summed E-state index contributed by atoms with van der Waals surface area (Å²) in [6, 6.07) is 7.19. The van der Waals surface area contributed by atoms with Gasteiger partial charge in [-0.2, -0.15) is 4.98 Å². The maximum atomic E-state index is 10.9. The van der Waals surface area contributed by atoms with Gasteiger partial charge in [-0.05, 0) is 37.1 Å². The molecule has 1 aliphatic heterocycles. The highest BCUT2D eigenvalue weighted by Gasteiger charge is 2.29. The summed E-state index contributed by atoms with van der Waals surface area (Å²) in [5.41, 5.74) is 1.40. The zero-order valence-corrected chi connectivity index (χ0v) is 11.8. The lowest BCUT2D eigenvalue weighted by molar-refractivity contribution is 0.0697. The molecule has 1 aromatic carbocycles. The second-order valence-electron chi connectivity index (χ2n) is 5.30. The lowest BCUT2D eigenvalue weighted by atomic mass is 10.1. The number of hydrogen-bond donors (Lipinski definition) is 1. The molecule has 1 aromatic heterocycles. The first-order valence-electron chi connectivity index (χ1n) is 7.00. The summed E-state index contributed by atoms with van der Waals surface area (Å²) in [6.45, 7) is 3.54. The van der Waals surface area contributed by atoms with Gasteiger partial charge in [0.25, 0.3) is 0 Å². The van der Waals surface area contributed by atoms with Gasteiger partial charge >= 0.3 is 5.97 Å². The summed E-state index contributed by atoms with van der Waals surface area (Å²) in [4.78, 5) is 17.5. The Balaban J connectivity index is 1.72. The highest BCUT2D eigenvalue weighted by molar-refractivity contribution is 5.87. The van der Waals surface area contributed by atoms with Crippen molar-refractivity contribution in [2.45, 2.75) is 32.4 Å². The van der Waals surface area contributed by atoms with E-state index in [0.29, 0.717) is 11.5 Å². The van der Waals surface area contributed by atoms with Crippen LogP contribution in [0.2, 0.25) is 0 Å². The van der Waals surface area contributed by atoms with E-state index in [0.717, 1.165) is 37.3 Å². The van der Waals surface area contributed by atoms with E-state index in [1.807, 2.05) is 12.1 Å². The number of aryl methyl sites for hydroxylation is 1. The van der Waals surface area contributed by atoms with Crippen LogP contribution in [-0.2, 0) is 6.54 Å². The van der Waals surface area contributed by atoms with Gasteiger partial charge in [-0.1, -0.05) is 17.3 Å². The van der Waals surface area contributed by atoms with E-state index in [1.54, 1.807) is 19.1 Å². The van der Waals surface area contributed by atoms with Crippen LogP contribution >= 0.6 is 0 Å². The maximum Gasteiger partial charge on any atom is 0.335 e. The van der Waals surface area contributed by atoms with Crippen molar-refractivity contribution in [1.29, 1.82) is 0 Å². The van der Waals surface area contributed by atoms with Crippen molar-refractivity contribution in [3.05, 3.63) is 47.1 Å². The Morgan fingerprint density at radius 2 is 2.19 bits per heavy atom. The van der Waals surface area contributed by atoms with Gasteiger partial charge in [0.2, 0.25) is 5.89 Å². The summed E-state index contributed by atoms with van der Waals surface area (Å²) in [7, 11) is 0. The molecule has 21 heavy (non-hydrogen) atoms. The third-order valence-corrected chi connectivity index (χ3v) is 3.79. The molecule has 0 bridgehead atoms. The summed E-state index contributed by atoms with van der Waals surface area (Å²) in [5.74, 6) is 0.428. The zero-order chi connectivity index (χ0) is 14.8. The smallest absolute Gasteiger partial charge is 0.335 e. The number of aromatic nitrogens is 2. The van der Waals surface area contributed by atoms with Gasteiger partial charge in [-0.15, -0.1) is 0 Å². The molecular formula is C15H17N3O3. The molecule has 1 N–H and O–H groups in total. The molecule has 1 saturated heterocycles. The maximum absolute atomic E-state index is 10.9. The highest BCUT2D eigenvalue weighted by Crippen LogP contribution is 2.31. The average Bonchev–Trinajstić information content (AvgIpc) is 3.08. The Morgan fingerprint density at radius 3 is 2.81 bits per heavy atom. The van der Waals surface area contributed by atoms with Crippen molar-refractivity contribution in [1.82, 2.24) is 15.0 Å². The summed E-state index contributed by atoms with van der Waals surface area (Å²) < 4.78 is 5.06. The van der Waals surface area contributed by atoms with E-state index in [-0.39, 0.29) is 6.04 Å². The normalized spacial score (nSPS) is 19.0. The molecule has 1 unspecified atom stereocenters. The molecule has 1 atom stereocenters. The molecule has 6 nitrogen and oxygen atoms in total. The molecule has 6 heteroatoms. The Bertz CT molecular complexity index is 636. The molecule has 1 fully saturated rings. The van der Waals surface area contributed by atoms with Crippen LogP contribution in [0.1, 0.15) is 46.5 Å². The molecule has 2 aromatic rings. The van der Waals surface area contributed by atoms with E-state index in [1.165, 1.54) is 0 Å². The van der Waals surface area contributed by atoms with E-state index in [4.69, 9.17) is 9.63 Å². The summed E-state index contributed by atoms with van der Waals surface area (Å²) in [5, 5.41) is 12.9. The lowest BCUT2D eigenvalue weighted by Crippen LogP contribution is -2.23.